The molecule has 0 fully saturated rings. The summed E-state index contributed by atoms with van der Waals surface area (Å²) >= 11 is 0. The Labute approximate surface area is 124 Å². The number of benzene rings is 1. The summed E-state index contributed by atoms with van der Waals surface area (Å²) in [6, 6.07) is 7.49. The number of methoxy groups -OCH3 is 2. The van der Waals surface area contributed by atoms with E-state index in [-0.39, 0.29) is 12.4 Å². The number of rotatable bonds is 4. The molecule has 2 aromatic rings. The predicted octanol–water partition coefficient (Wildman–Crippen LogP) is 2.35. The summed E-state index contributed by atoms with van der Waals surface area (Å²) in [4.78, 5) is 8.69. The fourth-order valence-electron chi connectivity index (χ4n) is 1.88. The smallest absolute Gasteiger partial charge is 0.131 e. The van der Waals surface area contributed by atoms with Crippen LogP contribution in [0.15, 0.2) is 24.3 Å². The fraction of sp³-hybridized carbons (Fsp3) is 0.286. The van der Waals surface area contributed by atoms with Crippen LogP contribution in [0.3, 0.4) is 0 Å². The maximum atomic E-state index is 5.64. The highest BCUT2D eigenvalue weighted by atomic mass is 35.5. The first-order valence-electron chi connectivity index (χ1n) is 5.95. The highest BCUT2D eigenvalue weighted by Crippen LogP contribution is 2.32. The highest BCUT2D eigenvalue weighted by molar-refractivity contribution is 5.85. The number of nitrogens with zero attached hydrogens (tertiary/aromatic N) is 2. The third-order valence-electron chi connectivity index (χ3n) is 2.78. The molecule has 0 bridgehead atoms. The van der Waals surface area contributed by atoms with Crippen molar-refractivity contribution in [3.05, 3.63) is 35.8 Å². The molecule has 0 aliphatic rings. The van der Waals surface area contributed by atoms with E-state index in [0.717, 1.165) is 22.7 Å². The van der Waals surface area contributed by atoms with Gasteiger partial charge in [-0.3, -0.25) is 0 Å². The summed E-state index contributed by atoms with van der Waals surface area (Å²) in [6.07, 6.45) is 0. The second kappa shape index (κ2) is 7.07. The van der Waals surface area contributed by atoms with Crippen LogP contribution in [0.1, 0.15) is 11.5 Å². The van der Waals surface area contributed by atoms with Crippen molar-refractivity contribution in [1.29, 1.82) is 0 Å². The second-order valence-electron chi connectivity index (χ2n) is 4.06. The van der Waals surface area contributed by atoms with Gasteiger partial charge < -0.3 is 15.2 Å². The zero-order chi connectivity index (χ0) is 13.8. The molecule has 1 aromatic heterocycles. The largest absolute Gasteiger partial charge is 0.497 e. The topological polar surface area (TPSA) is 70.3 Å². The van der Waals surface area contributed by atoms with Crippen molar-refractivity contribution >= 4 is 12.4 Å². The number of nitrogens with two attached hydrogens (primary N) is 1. The lowest BCUT2D eigenvalue weighted by Crippen LogP contribution is -2.03. The van der Waals surface area contributed by atoms with Crippen molar-refractivity contribution in [3.8, 4) is 22.8 Å². The lowest BCUT2D eigenvalue weighted by molar-refractivity contribution is 0.395. The Hall–Kier alpha value is -1.85. The highest BCUT2D eigenvalue weighted by Gasteiger charge is 2.10. The van der Waals surface area contributed by atoms with Crippen LogP contribution in [0.5, 0.6) is 11.5 Å². The van der Waals surface area contributed by atoms with Gasteiger partial charge in [-0.25, -0.2) is 9.97 Å². The van der Waals surface area contributed by atoms with Gasteiger partial charge in [-0.05, 0) is 25.1 Å². The normalized spacial score (nSPS) is 9.80. The summed E-state index contributed by atoms with van der Waals surface area (Å²) in [5.41, 5.74) is 8.14. The van der Waals surface area contributed by atoms with Crippen molar-refractivity contribution in [1.82, 2.24) is 9.97 Å². The number of ether oxygens (including phenoxy) is 2. The summed E-state index contributed by atoms with van der Waals surface area (Å²) < 4.78 is 10.6. The Morgan fingerprint density at radius 2 is 1.85 bits per heavy atom. The Morgan fingerprint density at radius 1 is 1.10 bits per heavy atom. The van der Waals surface area contributed by atoms with E-state index in [9.17, 15) is 0 Å². The average molecular weight is 296 g/mol. The Kier molecular flexibility index (Phi) is 5.73. The van der Waals surface area contributed by atoms with Gasteiger partial charge in [0.15, 0.2) is 0 Å². The van der Waals surface area contributed by atoms with Crippen LogP contribution < -0.4 is 15.2 Å². The third-order valence-corrected chi connectivity index (χ3v) is 2.78. The average Bonchev–Trinajstić information content (AvgIpc) is 2.45. The number of aromatic nitrogens is 2. The summed E-state index contributed by atoms with van der Waals surface area (Å²) in [5, 5.41) is 0. The molecular weight excluding hydrogens is 278 g/mol. The maximum Gasteiger partial charge on any atom is 0.131 e. The van der Waals surface area contributed by atoms with Crippen LogP contribution >= 0.6 is 12.4 Å². The van der Waals surface area contributed by atoms with Crippen molar-refractivity contribution in [2.75, 3.05) is 14.2 Å². The molecule has 2 N–H and O–H groups in total. The van der Waals surface area contributed by atoms with Gasteiger partial charge in [0.1, 0.15) is 17.3 Å². The van der Waals surface area contributed by atoms with Crippen LogP contribution in [0.25, 0.3) is 11.3 Å². The molecule has 0 aliphatic heterocycles. The Morgan fingerprint density at radius 3 is 2.45 bits per heavy atom. The fourth-order valence-corrected chi connectivity index (χ4v) is 1.88. The quantitative estimate of drug-likeness (QED) is 0.937. The molecular formula is C14H18ClN3O2. The van der Waals surface area contributed by atoms with E-state index in [4.69, 9.17) is 15.2 Å². The molecule has 5 nitrogen and oxygen atoms in total. The lowest BCUT2D eigenvalue weighted by atomic mass is 10.1. The van der Waals surface area contributed by atoms with Gasteiger partial charge in [-0.15, -0.1) is 12.4 Å². The van der Waals surface area contributed by atoms with E-state index in [1.54, 1.807) is 14.2 Å². The Balaban J connectivity index is 0.00000200. The molecule has 0 amide bonds. The van der Waals surface area contributed by atoms with E-state index in [1.165, 1.54) is 0 Å². The van der Waals surface area contributed by atoms with Gasteiger partial charge in [0.25, 0.3) is 0 Å². The molecule has 0 radical (unpaired) electrons. The van der Waals surface area contributed by atoms with Crippen molar-refractivity contribution < 1.29 is 9.47 Å². The lowest BCUT2D eigenvalue weighted by Gasteiger charge is -2.11. The van der Waals surface area contributed by atoms with E-state index in [0.29, 0.717) is 18.1 Å². The molecule has 6 heteroatoms. The predicted molar refractivity (Wildman–Crippen MR) is 80.4 cm³/mol. The minimum atomic E-state index is 0. The number of hydrogen-bond donors (Lipinski definition) is 1. The molecule has 1 aromatic carbocycles. The first kappa shape index (κ1) is 16.2. The zero-order valence-corrected chi connectivity index (χ0v) is 12.5. The van der Waals surface area contributed by atoms with Gasteiger partial charge in [0.05, 0.1) is 25.6 Å². The molecule has 0 aliphatic carbocycles. The van der Waals surface area contributed by atoms with E-state index >= 15 is 0 Å². The first-order chi connectivity index (χ1) is 9.17. The number of aryl methyl sites for hydroxylation is 1. The molecule has 0 unspecified atom stereocenters. The molecule has 0 spiro atoms. The Bertz CT molecular complexity index is 591. The van der Waals surface area contributed by atoms with E-state index in [2.05, 4.69) is 9.97 Å². The maximum absolute atomic E-state index is 5.64. The molecule has 0 saturated heterocycles. The number of hydrogen-bond acceptors (Lipinski definition) is 5. The van der Waals surface area contributed by atoms with Crippen LogP contribution in [0.2, 0.25) is 0 Å². The molecule has 0 atom stereocenters. The molecule has 2 rings (SSSR count). The van der Waals surface area contributed by atoms with Gasteiger partial charge in [-0.1, -0.05) is 0 Å². The number of halogens is 1. The van der Waals surface area contributed by atoms with E-state index < -0.39 is 0 Å². The van der Waals surface area contributed by atoms with Crippen LogP contribution in [0.4, 0.5) is 0 Å². The van der Waals surface area contributed by atoms with Gasteiger partial charge in [0.2, 0.25) is 0 Å². The standard InChI is InChI=1S/C14H17N3O2.ClH/c1-9-16-10(8-15)6-13(17-9)12-5-4-11(18-2)7-14(12)19-3;/h4-7H,8,15H2,1-3H3;1H. The zero-order valence-electron chi connectivity index (χ0n) is 11.7. The van der Waals surface area contributed by atoms with E-state index in [1.807, 2.05) is 31.2 Å². The van der Waals surface area contributed by atoms with Crippen LogP contribution in [-0.4, -0.2) is 24.2 Å². The first-order valence-corrected chi connectivity index (χ1v) is 5.95. The molecule has 108 valence electrons. The minimum Gasteiger partial charge on any atom is -0.497 e. The molecule has 0 saturated carbocycles. The SMILES string of the molecule is COc1ccc(-c2cc(CN)nc(C)n2)c(OC)c1.Cl. The summed E-state index contributed by atoms with van der Waals surface area (Å²) in [5.74, 6) is 2.14. The second-order valence-corrected chi connectivity index (χ2v) is 4.06. The van der Waals surface area contributed by atoms with Crippen molar-refractivity contribution in [2.24, 2.45) is 5.73 Å². The van der Waals surface area contributed by atoms with Gasteiger partial charge in [-0.2, -0.15) is 0 Å². The van der Waals surface area contributed by atoms with Gasteiger partial charge >= 0.3 is 0 Å². The summed E-state index contributed by atoms with van der Waals surface area (Å²) in [6.45, 7) is 2.23. The summed E-state index contributed by atoms with van der Waals surface area (Å²) in [7, 11) is 3.24. The molecule has 1 heterocycles. The monoisotopic (exact) mass is 295 g/mol. The van der Waals surface area contributed by atoms with Gasteiger partial charge in [0, 0.05) is 18.2 Å². The minimum absolute atomic E-state index is 0. The third kappa shape index (κ3) is 3.37. The van der Waals surface area contributed by atoms with Crippen molar-refractivity contribution in [3.63, 3.8) is 0 Å². The van der Waals surface area contributed by atoms with Crippen LogP contribution in [-0.2, 0) is 6.54 Å². The van der Waals surface area contributed by atoms with Crippen LogP contribution in [0, 0.1) is 6.92 Å². The van der Waals surface area contributed by atoms with Crippen molar-refractivity contribution in [2.45, 2.75) is 13.5 Å². The molecule has 20 heavy (non-hydrogen) atoms.